The molecule has 0 spiro atoms. The Hall–Kier alpha value is -3.63. The third-order valence-electron chi connectivity index (χ3n) is 5.25. The fourth-order valence-corrected chi connectivity index (χ4v) is 3.51. The van der Waals surface area contributed by atoms with Gasteiger partial charge in [-0.05, 0) is 46.3 Å². The van der Waals surface area contributed by atoms with E-state index in [2.05, 4.69) is 30.8 Å². The quantitative estimate of drug-likeness (QED) is 0.386. The largest absolute Gasteiger partial charge is 0.497 e. The van der Waals surface area contributed by atoms with E-state index in [4.69, 9.17) is 9.47 Å². The van der Waals surface area contributed by atoms with Crippen LogP contribution in [0.2, 0.25) is 0 Å². The molecule has 10 heteroatoms. The SMILES string of the molecule is COCCn1nnnc1CC(NCc1cc2cc(OC)ccc2[nH]c1=O)c1cccnc1. The first kappa shape index (κ1) is 21.6. The van der Waals surface area contributed by atoms with Gasteiger partial charge in [-0.1, -0.05) is 6.07 Å². The fraction of sp³-hybridized carbons (Fsp3) is 0.318. The van der Waals surface area contributed by atoms with Gasteiger partial charge in [0.2, 0.25) is 0 Å². The highest BCUT2D eigenvalue weighted by molar-refractivity contribution is 5.80. The summed E-state index contributed by atoms with van der Waals surface area (Å²) < 4.78 is 12.2. The van der Waals surface area contributed by atoms with Crippen molar-refractivity contribution in [3.05, 3.63) is 76.1 Å². The average molecular weight is 435 g/mol. The molecule has 0 bridgehead atoms. The summed E-state index contributed by atoms with van der Waals surface area (Å²) in [6.45, 7) is 1.44. The van der Waals surface area contributed by atoms with E-state index < -0.39 is 0 Å². The minimum Gasteiger partial charge on any atom is -0.497 e. The van der Waals surface area contributed by atoms with Gasteiger partial charge in [-0.15, -0.1) is 5.10 Å². The van der Waals surface area contributed by atoms with Gasteiger partial charge in [0.15, 0.2) is 5.82 Å². The Morgan fingerprint density at radius 2 is 2.12 bits per heavy atom. The van der Waals surface area contributed by atoms with E-state index >= 15 is 0 Å². The van der Waals surface area contributed by atoms with Gasteiger partial charge in [-0.3, -0.25) is 9.78 Å². The monoisotopic (exact) mass is 435 g/mol. The van der Waals surface area contributed by atoms with E-state index in [1.165, 1.54) is 0 Å². The summed E-state index contributed by atoms with van der Waals surface area (Å²) in [6.07, 6.45) is 4.06. The van der Waals surface area contributed by atoms with Crippen molar-refractivity contribution >= 4 is 10.9 Å². The number of fused-ring (bicyclic) bond motifs is 1. The highest BCUT2D eigenvalue weighted by Gasteiger charge is 2.18. The number of rotatable bonds is 10. The van der Waals surface area contributed by atoms with E-state index in [1.807, 2.05) is 36.4 Å². The maximum absolute atomic E-state index is 12.6. The van der Waals surface area contributed by atoms with Crippen LogP contribution in [0.4, 0.5) is 0 Å². The molecule has 0 radical (unpaired) electrons. The van der Waals surface area contributed by atoms with Crippen molar-refractivity contribution in [1.82, 2.24) is 35.5 Å². The molecular weight excluding hydrogens is 410 g/mol. The predicted octanol–water partition coefficient (Wildman–Crippen LogP) is 1.64. The number of nitrogens with zero attached hydrogens (tertiary/aromatic N) is 5. The van der Waals surface area contributed by atoms with Crippen molar-refractivity contribution in [2.24, 2.45) is 0 Å². The molecule has 2 N–H and O–H groups in total. The van der Waals surface area contributed by atoms with Crippen molar-refractivity contribution in [2.75, 3.05) is 20.8 Å². The molecule has 10 nitrogen and oxygen atoms in total. The first-order chi connectivity index (χ1) is 15.7. The Bertz CT molecular complexity index is 1220. The number of tetrazole rings is 1. The second-order valence-electron chi connectivity index (χ2n) is 7.31. The van der Waals surface area contributed by atoms with Crippen LogP contribution in [0.5, 0.6) is 5.75 Å². The number of benzene rings is 1. The molecule has 1 aromatic carbocycles. The lowest BCUT2D eigenvalue weighted by atomic mass is 10.0. The Balaban J connectivity index is 1.58. The van der Waals surface area contributed by atoms with Crippen molar-refractivity contribution in [3.8, 4) is 5.75 Å². The molecule has 0 fully saturated rings. The lowest BCUT2D eigenvalue weighted by Gasteiger charge is -2.18. The van der Waals surface area contributed by atoms with Crippen molar-refractivity contribution in [3.63, 3.8) is 0 Å². The van der Waals surface area contributed by atoms with Gasteiger partial charge < -0.3 is 19.8 Å². The molecule has 3 aromatic heterocycles. The maximum atomic E-state index is 12.6. The number of aromatic nitrogens is 6. The molecule has 0 aliphatic rings. The average Bonchev–Trinajstić information content (AvgIpc) is 3.27. The van der Waals surface area contributed by atoms with Crippen LogP contribution in [0.25, 0.3) is 10.9 Å². The Labute approximate surface area is 184 Å². The minimum atomic E-state index is -0.142. The van der Waals surface area contributed by atoms with Crippen molar-refractivity contribution in [1.29, 1.82) is 0 Å². The predicted molar refractivity (Wildman–Crippen MR) is 118 cm³/mol. The summed E-state index contributed by atoms with van der Waals surface area (Å²) >= 11 is 0. The van der Waals surface area contributed by atoms with E-state index in [0.717, 1.165) is 28.0 Å². The number of hydrogen-bond donors (Lipinski definition) is 2. The Kier molecular flexibility index (Phi) is 6.83. The number of ether oxygens (including phenoxy) is 2. The lowest BCUT2D eigenvalue weighted by Crippen LogP contribution is -2.28. The third-order valence-corrected chi connectivity index (χ3v) is 5.25. The first-order valence-corrected chi connectivity index (χ1v) is 10.2. The summed E-state index contributed by atoms with van der Waals surface area (Å²) in [5, 5.41) is 16.4. The van der Waals surface area contributed by atoms with Crippen LogP contribution in [0.15, 0.2) is 53.6 Å². The van der Waals surface area contributed by atoms with Gasteiger partial charge in [0, 0.05) is 55.0 Å². The zero-order valence-corrected chi connectivity index (χ0v) is 18.0. The van der Waals surface area contributed by atoms with E-state index in [0.29, 0.717) is 31.7 Å². The molecule has 166 valence electrons. The molecule has 0 saturated heterocycles. The smallest absolute Gasteiger partial charge is 0.252 e. The van der Waals surface area contributed by atoms with Crippen LogP contribution in [0.3, 0.4) is 0 Å². The van der Waals surface area contributed by atoms with Gasteiger partial charge in [0.25, 0.3) is 5.56 Å². The van der Waals surface area contributed by atoms with E-state index in [9.17, 15) is 4.79 Å². The second kappa shape index (κ2) is 10.1. The van der Waals surface area contributed by atoms with Crippen molar-refractivity contribution in [2.45, 2.75) is 25.6 Å². The van der Waals surface area contributed by atoms with Gasteiger partial charge in [0.1, 0.15) is 5.75 Å². The summed E-state index contributed by atoms with van der Waals surface area (Å²) in [5.74, 6) is 1.46. The highest BCUT2D eigenvalue weighted by Crippen LogP contribution is 2.20. The Morgan fingerprint density at radius 1 is 1.22 bits per heavy atom. The molecule has 4 aromatic rings. The van der Waals surface area contributed by atoms with E-state index in [-0.39, 0.29) is 11.6 Å². The van der Waals surface area contributed by atoms with Crippen LogP contribution in [-0.2, 0) is 24.2 Å². The van der Waals surface area contributed by atoms with Gasteiger partial charge >= 0.3 is 0 Å². The van der Waals surface area contributed by atoms with E-state index in [1.54, 1.807) is 31.3 Å². The maximum Gasteiger partial charge on any atom is 0.252 e. The molecule has 4 rings (SSSR count). The minimum absolute atomic E-state index is 0.134. The zero-order valence-electron chi connectivity index (χ0n) is 18.0. The number of hydrogen-bond acceptors (Lipinski definition) is 8. The zero-order chi connectivity index (χ0) is 22.3. The van der Waals surface area contributed by atoms with Crippen LogP contribution in [-0.4, -0.2) is 51.0 Å². The third kappa shape index (κ3) is 4.98. The number of aromatic amines is 1. The van der Waals surface area contributed by atoms with Crippen LogP contribution >= 0.6 is 0 Å². The molecule has 1 atom stereocenters. The van der Waals surface area contributed by atoms with Crippen molar-refractivity contribution < 1.29 is 9.47 Å². The van der Waals surface area contributed by atoms with Crippen LogP contribution in [0.1, 0.15) is 23.0 Å². The molecular formula is C22H25N7O3. The number of pyridine rings is 2. The summed E-state index contributed by atoms with van der Waals surface area (Å²) in [6, 6.07) is 11.2. The highest BCUT2D eigenvalue weighted by atomic mass is 16.5. The normalized spacial score (nSPS) is 12.2. The lowest BCUT2D eigenvalue weighted by molar-refractivity contribution is 0.181. The molecule has 0 saturated carbocycles. The molecule has 0 aliphatic carbocycles. The summed E-state index contributed by atoms with van der Waals surface area (Å²) in [7, 11) is 3.26. The number of methoxy groups -OCH3 is 2. The topological polar surface area (TPSA) is 120 Å². The van der Waals surface area contributed by atoms with Gasteiger partial charge in [-0.25, -0.2) is 4.68 Å². The number of H-pyrrole nitrogens is 1. The summed E-state index contributed by atoms with van der Waals surface area (Å²) in [5.41, 5.74) is 2.23. The van der Waals surface area contributed by atoms with Crippen LogP contribution in [0, 0.1) is 0 Å². The number of nitrogens with one attached hydrogen (secondary N) is 2. The van der Waals surface area contributed by atoms with Gasteiger partial charge in [-0.2, -0.15) is 0 Å². The molecule has 32 heavy (non-hydrogen) atoms. The molecule has 1 unspecified atom stereocenters. The fourth-order valence-electron chi connectivity index (χ4n) is 3.51. The summed E-state index contributed by atoms with van der Waals surface area (Å²) in [4.78, 5) is 19.8. The first-order valence-electron chi connectivity index (χ1n) is 10.2. The second-order valence-corrected chi connectivity index (χ2v) is 7.31. The molecule has 3 heterocycles. The standard InChI is InChI=1S/C22H25N7O3/c1-31-9-8-29-21(26-27-28-29)12-20(15-4-3-7-23-13-15)24-14-17-10-16-11-18(32-2)5-6-19(16)25-22(17)30/h3-7,10-11,13,20,24H,8-9,12,14H2,1-2H3,(H,25,30). The Morgan fingerprint density at radius 3 is 2.91 bits per heavy atom. The molecule has 0 amide bonds. The van der Waals surface area contributed by atoms with Crippen LogP contribution < -0.4 is 15.6 Å². The molecule has 0 aliphatic heterocycles. The van der Waals surface area contributed by atoms with Gasteiger partial charge in [0.05, 0.1) is 20.3 Å².